The van der Waals surface area contributed by atoms with Crippen LogP contribution in [-0.4, -0.2) is 54.6 Å². The molecule has 0 aliphatic carbocycles. The molecule has 1 aromatic heterocycles. The first-order chi connectivity index (χ1) is 15.0. The number of aromatic nitrogens is 1. The first-order valence-electron chi connectivity index (χ1n) is 10.5. The van der Waals surface area contributed by atoms with Gasteiger partial charge < -0.3 is 19.9 Å². The Balaban J connectivity index is 1.36. The fourth-order valence-corrected chi connectivity index (χ4v) is 4.53. The Labute approximate surface area is 181 Å². The maximum absolute atomic E-state index is 14.2. The number of amides is 1. The fourth-order valence-electron chi connectivity index (χ4n) is 4.53. The summed E-state index contributed by atoms with van der Waals surface area (Å²) in [6.07, 6.45) is 3.61. The molecule has 162 valence electrons. The number of ether oxygens (including phenoxy) is 1. The molecule has 2 unspecified atom stereocenters. The largest absolute Gasteiger partial charge is 0.497 e. The average molecular weight is 423 g/mol. The van der Waals surface area contributed by atoms with Crippen molar-refractivity contribution in [2.24, 2.45) is 0 Å². The number of hydrogen-bond acceptors (Lipinski definition) is 6. The van der Waals surface area contributed by atoms with Crippen molar-refractivity contribution < 1.29 is 13.9 Å². The Kier molecular flexibility index (Phi) is 6.05. The molecule has 0 saturated carbocycles. The Bertz CT molecular complexity index is 976. The zero-order valence-corrected chi connectivity index (χ0v) is 17.7. The van der Waals surface area contributed by atoms with Crippen LogP contribution in [0.1, 0.15) is 36.9 Å². The van der Waals surface area contributed by atoms with E-state index in [4.69, 9.17) is 10.00 Å². The van der Waals surface area contributed by atoms with Crippen molar-refractivity contribution in [3.8, 4) is 11.8 Å². The predicted molar refractivity (Wildman–Crippen MR) is 114 cm³/mol. The van der Waals surface area contributed by atoms with Crippen LogP contribution in [0.15, 0.2) is 36.5 Å². The van der Waals surface area contributed by atoms with E-state index in [2.05, 4.69) is 21.3 Å². The van der Waals surface area contributed by atoms with E-state index >= 15 is 0 Å². The highest BCUT2D eigenvalue weighted by Gasteiger charge is 2.41. The molecule has 2 aliphatic heterocycles. The third kappa shape index (κ3) is 4.32. The Morgan fingerprint density at radius 3 is 2.68 bits per heavy atom. The molecule has 1 N–H and O–H groups in total. The number of rotatable bonds is 6. The van der Waals surface area contributed by atoms with E-state index in [0.717, 1.165) is 18.7 Å². The fraction of sp³-hybridized carbons (Fsp3) is 0.435. The molecule has 1 aromatic carbocycles. The molecule has 8 heteroatoms. The van der Waals surface area contributed by atoms with Crippen molar-refractivity contribution >= 4 is 11.7 Å². The normalized spacial score (nSPS) is 21.0. The zero-order valence-electron chi connectivity index (χ0n) is 17.7. The van der Waals surface area contributed by atoms with Crippen molar-refractivity contribution in [3.63, 3.8) is 0 Å². The summed E-state index contributed by atoms with van der Waals surface area (Å²) in [5, 5.41) is 12.1. The van der Waals surface area contributed by atoms with Crippen molar-refractivity contribution in [1.82, 2.24) is 15.2 Å². The van der Waals surface area contributed by atoms with Gasteiger partial charge in [0.05, 0.1) is 19.2 Å². The maximum atomic E-state index is 14.2. The standard InChI is InChI=1S/C23H26FN5O2/c1-15(20-9-19(31-2)6-7-21(20)24)26-12-23(30)28-13-17-4-5-18(14-28)29(17)22-8-3-16(10-25)11-27-22/h3,6-9,11,15,17-18,26H,4-5,12-14H2,1-2H3/t15-,17?,18?/m0/s1. The minimum Gasteiger partial charge on any atom is -0.497 e. The van der Waals surface area contributed by atoms with Crippen LogP contribution in [-0.2, 0) is 4.79 Å². The number of likely N-dealkylation sites (tertiary alicyclic amines) is 1. The number of benzene rings is 1. The average Bonchev–Trinajstić information content (AvgIpc) is 3.06. The molecule has 2 fully saturated rings. The predicted octanol–water partition coefficient (Wildman–Crippen LogP) is 2.63. The van der Waals surface area contributed by atoms with Crippen molar-refractivity contribution in [2.45, 2.75) is 37.9 Å². The van der Waals surface area contributed by atoms with Crippen LogP contribution in [0.5, 0.6) is 5.75 Å². The summed E-state index contributed by atoms with van der Waals surface area (Å²) >= 11 is 0. The number of halogens is 1. The molecule has 1 amide bonds. The van der Waals surface area contributed by atoms with E-state index in [0.29, 0.717) is 30.0 Å². The van der Waals surface area contributed by atoms with E-state index in [-0.39, 0.29) is 36.4 Å². The van der Waals surface area contributed by atoms with Crippen LogP contribution in [0.3, 0.4) is 0 Å². The lowest BCUT2D eigenvalue weighted by Gasteiger charge is -2.42. The second kappa shape index (κ2) is 8.90. The highest BCUT2D eigenvalue weighted by molar-refractivity contribution is 5.79. The van der Waals surface area contributed by atoms with Gasteiger partial charge in [-0.1, -0.05) is 0 Å². The van der Waals surface area contributed by atoms with Gasteiger partial charge in [0, 0.05) is 43.0 Å². The van der Waals surface area contributed by atoms with E-state index in [1.165, 1.54) is 6.07 Å². The molecule has 3 heterocycles. The number of nitriles is 1. The summed E-state index contributed by atoms with van der Waals surface area (Å²) < 4.78 is 19.4. The van der Waals surface area contributed by atoms with Crippen LogP contribution >= 0.6 is 0 Å². The van der Waals surface area contributed by atoms with Crippen molar-refractivity contribution in [2.75, 3.05) is 31.6 Å². The Hall–Kier alpha value is -3.18. The number of methoxy groups -OCH3 is 1. The Morgan fingerprint density at radius 2 is 2.06 bits per heavy atom. The Morgan fingerprint density at radius 1 is 1.32 bits per heavy atom. The molecule has 2 bridgehead atoms. The molecule has 3 atom stereocenters. The van der Waals surface area contributed by atoms with Gasteiger partial charge >= 0.3 is 0 Å². The number of fused-ring (bicyclic) bond motifs is 2. The molecule has 0 spiro atoms. The minimum absolute atomic E-state index is 0.0134. The zero-order chi connectivity index (χ0) is 22.0. The van der Waals surface area contributed by atoms with Gasteiger partial charge in [-0.2, -0.15) is 5.26 Å². The van der Waals surface area contributed by atoms with Crippen molar-refractivity contribution in [3.05, 3.63) is 53.5 Å². The molecule has 4 rings (SSSR count). The highest BCUT2D eigenvalue weighted by atomic mass is 19.1. The number of carbonyl (C=O) groups excluding carboxylic acids is 1. The summed E-state index contributed by atoms with van der Waals surface area (Å²) in [5.41, 5.74) is 1.02. The third-order valence-corrected chi connectivity index (χ3v) is 6.21. The molecular formula is C23H26FN5O2. The summed E-state index contributed by atoms with van der Waals surface area (Å²) in [7, 11) is 1.54. The lowest BCUT2D eigenvalue weighted by molar-refractivity contribution is -0.131. The molecule has 2 aromatic rings. The number of nitrogens with zero attached hydrogens (tertiary/aromatic N) is 4. The van der Waals surface area contributed by atoms with Crippen LogP contribution in [0.25, 0.3) is 0 Å². The molecule has 2 aliphatic rings. The van der Waals surface area contributed by atoms with E-state index < -0.39 is 0 Å². The van der Waals surface area contributed by atoms with Gasteiger partial charge in [0.15, 0.2) is 0 Å². The summed E-state index contributed by atoms with van der Waals surface area (Å²) in [6, 6.07) is 10.5. The topological polar surface area (TPSA) is 81.5 Å². The molecule has 7 nitrogen and oxygen atoms in total. The first-order valence-corrected chi connectivity index (χ1v) is 10.5. The number of nitrogens with one attached hydrogen (secondary N) is 1. The SMILES string of the molecule is COc1ccc(F)c([C@H](C)NCC(=O)N2CC3CCC(C2)N3c2ccc(C#N)cn2)c1. The second-order valence-corrected chi connectivity index (χ2v) is 8.10. The number of carbonyl (C=O) groups is 1. The quantitative estimate of drug-likeness (QED) is 0.769. The maximum Gasteiger partial charge on any atom is 0.236 e. The first kappa shape index (κ1) is 21.1. The van der Waals surface area contributed by atoms with E-state index in [9.17, 15) is 9.18 Å². The third-order valence-electron chi connectivity index (χ3n) is 6.21. The van der Waals surface area contributed by atoms with Gasteiger partial charge in [-0.05, 0) is 50.1 Å². The van der Waals surface area contributed by atoms with E-state index in [1.807, 2.05) is 17.9 Å². The molecule has 0 radical (unpaired) electrons. The van der Waals surface area contributed by atoms with Gasteiger partial charge in [-0.15, -0.1) is 0 Å². The smallest absolute Gasteiger partial charge is 0.236 e. The summed E-state index contributed by atoms with van der Waals surface area (Å²) in [4.78, 5) is 21.5. The number of pyridine rings is 1. The van der Waals surface area contributed by atoms with Crippen LogP contribution in [0.4, 0.5) is 10.2 Å². The molecule has 2 saturated heterocycles. The summed E-state index contributed by atoms with van der Waals surface area (Å²) in [6.45, 7) is 3.26. The monoisotopic (exact) mass is 423 g/mol. The lowest BCUT2D eigenvalue weighted by atomic mass is 10.1. The van der Waals surface area contributed by atoms with Crippen molar-refractivity contribution in [1.29, 1.82) is 5.26 Å². The van der Waals surface area contributed by atoms with Crippen LogP contribution in [0.2, 0.25) is 0 Å². The number of piperazine rings is 1. The molecular weight excluding hydrogens is 397 g/mol. The minimum atomic E-state index is -0.324. The van der Waals surface area contributed by atoms with E-state index in [1.54, 1.807) is 31.5 Å². The van der Waals surface area contributed by atoms with Gasteiger partial charge in [0.2, 0.25) is 5.91 Å². The second-order valence-electron chi connectivity index (χ2n) is 8.10. The summed E-state index contributed by atoms with van der Waals surface area (Å²) in [5.74, 6) is 1.13. The van der Waals surface area contributed by atoms with Gasteiger partial charge in [-0.25, -0.2) is 9.37 Å². The van der Waals surface area contributed by atoms with Crippen LogP contribution in [0, 0.1) is 17.1 Å². The van der Waals surface area contributed by atoms with Gasteiger partial charge in [-0.3, -0.25) is 4.79 Å². The van der Waals surface area contributed by atoms with Gasteiger partial charge in [0.25, 0.3) is 0 Å². The molecule has 31 heavy (non-hydrogen) atoms. The lowest BCUT2D eigenvalue weighted by Crippen LogP contribution is -2.57. The van der Waals surface area contributed by atoms with Crippen LogP contribution < -0.4 is 15.0 Å². The highest BCUT2D eigenvalue weighted by Crippen LogP contribution is 2.34. The number of hydrogen-bond donors (Lipinski definition) is 1. The number of anilines is 1. The van der Waals surface area contributed by atoms with Gasteiger partial charge in [0.1, 0.15) is 23.5 Å².